The van der Waals surface area contributed by atoms with E-state index in [9.17, 15) is 4.79 Å². The van der Waals surface area contributed by atoms with Gasteiger partial charge in [-0.15, -0.1) is 10.2 Å². The van der Waals surface area contributed by atoms with Gasteiger partial charge in [0.2, 0.25) is 10.6 Å². The summed E-state index contributed by atoms with van der Waals surface area (Å²) in [6.07, 6.45) is 0. The number of hydrogen-bond donors (Lipinski definition) is 1. The topological polar surface area (TPSA) is 94.3 Å². The molecule has 0 bridgehead atoms. The second kappa shape index (κ2) is 7.86. The zero-order valence-corrected chi connectivity index (χ0v) is 17.5. The van der Waals surface area contributed by atoms with Crippen LogP contribution >= 0.6 is 23.8 Å². The molecule has 0 fully saturated rings. The average Bonchev–Trinajstić information content (AvgIpc) is 3.40. The number of benzene rings is 3. The van der Waals surface area contributed by atoms with Crippen LogP contribution in [0.15, 0.2) is 66.7 Å². The molecular weight excluding hydrogens is 434 g/mol. The first-order valence-electron chi connectivity index (χ1n) is 9.32. The van der Waals surface area contributed by atoms with E-state index in [-0.39, 0.29) is 17.2 Å². The monoisotopic (exact) mass is 447 g/mol. The van der Waals surface area contributed by atoms with Gasteiger partial charge in [0, 0.05) is 16.1 Å². The fourth-order valence-corrected chi connectivity index (χ4v) is 3.69. The molecule has 3 aromatic carbocycles. The highest BCUT2D eigenvalue weighted by molar-refractivity contribution is 7.71. The van der Waals surface area contributed by atoms with Crippen molar-refractivity contribution < 1.29 is 4.79 Å². The molecule has 0 amide bonds. The van der Waals surface area contributed by atoms with Crippen LogP contribution in [-0.2, 0) is 6.54 Å². The van der Waals surface area contributed by atoms with Crippen LogP contribution in [0.3, 0.4) is 0 Å². The van der Waals surface area contributed by atoms with E-state index in [1.807, 2.05) is 42.5 Å². The third-order valence-corrected chi connectivity index (χ3v) is 5.33. The molecule has 0 aliphatic heterocycles. The van der Waals surface area contributed by atoms with Gasteiger partial charge in [-0.05, 0) is 52.5 Å². The lowest BCUT2D eigenvalue weighted by molar-refractivity contribution is 0.0954. The molecule has 2 aromatic heterocycles. The molecule has 2 heterocycles. The maximum Gasteiger partial charge on any atom is 0.265 e. The van der Waals surface area contributed by atoms with Gasteiger partial charge in [0.25, 0.3) is 5.91 Å². The third-order valence-electron chi connectivity index (χ3n) is 4.80. The smallest absolute Gasteiger partial charge is 0.265 e. The number of halogens is 1. The van der Waals surface area contributed by atoms with Gasteiger partial charge in [0.05, 0.1) is 0 Å². The van der Waals surface area contributed by atoms with Crippen molar-refractivity contribution in [2.24, 2.45) is 0 Å². The lowest BCUT2D eigenvalue weighted by Gasteiger charge is -2.05. The zero-order valence-electron chi connectivity index (χ0n) is 15.9. The Balaban J connectivity index is 1.47. The molecule has 1 N–H and O–H groups in total. The van der Waals surface area contributed by atoms with E-state index < -0.39 is 0 Å². The molecule has 0 saturated heterocycles. The van der Waals surface area contributed by atoms with E-state index in [2.05, 4.69) is 25.6 Å². The van der Waals surface area contributed by atoms with Crippen molar-refractivity contribution in [3.05, 3.63) is 87.9 Å². The molecule has 5 rings (SSSR count). The van der Waals surface area contributed by atoms with E-state index in [0.717, 1.165) is 16.3 Å². The number of fused-ring (bicyclic) bond motifs is 1. The van der Waals surface area contributed by atoms with Crippen molar-refractivity contribution in [3.63, 3.8) is 0 Å². The van der Waals surface area contributed by atoms with Crippen molar-refractivity contribution in [1.29, 1.82) is 0 Å². The molecule has 8 nitrogen and oxygen atoms in total. The van der Waals surface area contributed by atoms with Crippen LogP contribution in [0.2, 0.25) is 5.02 Å². The fourth-order valence-electron chi connectivity index (χ4n) is 3.33. The van der Waals surface area contributed by atoms with Crippen LogP contribution in [0, 0.1) is 4.77 Å². The normalized spacial score (nSPS) is 11.1. The number of nitrogens with zero attached hydrogens (tertiary/aromatic N) is 6. The Bertz CT molecular complexity index is 1460. The molecule has 0 unspecified atom stereocenters. The number of carbonyl (C=O) groups excluding carboxylic acids is 1. The molecule has 0 atom stereocenters. The van der Waals surface area contributed by atoms with Crippen molar-refractivity contribution in [2.75, 3.05) is 0 Å². The summed E-state index contributed by atoms with van der Waals surface area (Å²) in [6.45, 7) is 0.115. The molecule has 0 aliphatic carbocycles. The molecular formula is C21H14ClN7OS. The minimum atomic E-state index is -0.320. The van der Waals surface area contributed by atoms with Gasteiger partial charge in [-0.25, -0.2) is 4.57 Å². The number of rotatable bonds is 4. The van der Waals surface area contributed by atoms with Crippen LogP contribution in [0.1, 0.15) is 16.2 Å². The van der Waals surface area contributed by atoms with Gasteiger partial charge in [-0.3, -0.25) is 9.89 Å². The first-order valence-corrected chi connectivity index (χ1v) is 10.1. The Hall–Kier alpha value is -3.69. The summed E-state index contributed by atoms with van der Waals surface area (Å²) in [5, 5.41) is 22.3. The molecule has 31 heavy (non-hydrogen) atoms. The Labute approximate surface area is 186 Å². The van der Waals surface area contributed by atoms with Gasteiger partial charge in [-0.2, -0.15) is 9.90 Å². The Kier molecular flexibility index (Phi) is 4.89. The molecule has 0 spiro atoms. The lowest BCUT2D eigenvalue weighted by Crippen LogP contribution is -2.18. The van der Waals surface area contributed by atoms with Gasteiger partial charge in [0.1, 0.15) is 6.54 Å². The zero-order chi connectivity index (χ0) is 21.4. The third kappa shape index (κ3) is 3.65. The molecule has 0 aliphatic rings. The van der Waals surface area contributed by atoms with Gasteiger partial charge >= 0.3 is 0 Å². The molecule has 0 saturated carbocycles. The van der Waals surface area contributed by atoms with E-state index in [1.54, 1.807) is 24.3 Å². The lowest BCUT2D eigenvalue weighted by atomic mass is 10.0. The Morgan fingerprint density at radius 3 is 2.65 bits per heavy atom. The Morgan fingerprint density at radius 2 is 1.81 bits per heavy atom. The van der Waals surface area contributed by atoms with Gasteiger partial charge in [-0.1, -0.05) is 54.1 Å². The highest BCUT2D eigenvalue weighted by Gasteiger charge is 2.18. The minimum Gasteiger partial charge on any atom is -0.268 e. The highest BCUT2D eigenvalue weighted by atomic mass is 35.5. The molecule has 0 radical (unpaired) electrons. The van der Waals surface area contributed by atoms with Crippen molar-refractivity contribution >= 4 is 40.5 Å². The number of tetrazole rings is 1. The predicted molar refractivity (Wildman–Crippen MR) is 118 cm³/mol. The Morgan fingerprint density at radius 1 is 1.03 bits per heavy atom. The second-order valence-electron chi connectivity index (χ2n) is 6.76. The number of carbonyl (C=O) groups is 1. The van der Waals surface area contributed by atoms with Crippen LogP contribution < -0.4 is 0 Å². The summed E-state index contributed by atoms with van der Waals surface area (Å²) in [6, 6.07) is 20.5. The summed E-state index contributed by atoms with van der Waals surface area (Å²) in [7, 11) is 0. The second-order valence-corrected chi connectivity index (χ2v) is 7.59. The summed E-state index contributed by atoms with van der Waals surface area (Å²) in [4.78, 5) is 14.3. The van der Waals surface area contributed by atoms with Crippen LogP contribution in [0.5, 0.6) is 0 Å². The standard InChI is InChI=1S/C21H14ClN7OS/c22-15-10-8-14(9-11-15)20(30)29-18(23-25-21(29)31)12-28-26-19(24-27-28)17-7-3-5-13-4-1-2-6-16(13)17/h1-11H,12H2,(H,25,31). The molecule has 5 aromatic rings. The molecule has 152 valence electrons. The summed E-state index contributed by atoms with van der Waals surface area (Å²) in [5.74, 6) is 0.535. The highest BCUT2D eigenvalue weighted by Crippen LogP contribution is 2.25. The first kappa shape index (κ1) is 19.3. The predicted octanol–water partition coefficient (Wildman–Crippen LogP) is 4.14. The molecule has 10 heteroatoms. The van der Waals surface area contributed by atoms with Crippen LogP contribution in [0.25, 0.3) is 22.2 Å². The quantitative estimate of drug-likeness (QED) is 0.416. The fraction of sp³-hybridized carbons (Fsp3) is 0.0476. The van der Waals surface area contributed by atoms with E-state index in [1.165, 1.54) is 9.36 Å². The maximum absolute atomic E-state index is 13.0. The number of aromatic amines is 1. The van der Waals surface area contributed by atoms with E-state index >= 15 is 0 Å². The van der Waals surface area contributed by atoms with Crippen LogP contribution in [-0.4, -0.2) is 40.9 Å². The first-order chi connectivity index (χ1) is 15.1. The summed E-state index contributed by atoms with van der Waals surface area (Å²) in [5.41, 5.74) is 1.31. The van der Waals surface area contributed by atoms with Crippen molar-refractivity contribution in [2.45, 2.75) is 6.54 Å². The van der Waals surface area contributed by atoms with Crippen LogP contribution in [0.4, 0.5) is 0 Å². The largest absolute Gasteiger partial charge is 0.268 e. The number of H-pyrrole nitrogens is 1. The van der Waals surface area contributed by atoms with Gasteiger partial charge < -0.3 is 0 Å². The summed E-state index contributed by atoms with van der Waals surface area (Å²) < 4.78 is 1.50. The SMILES string of the molecule is O=C(c1ccc(Cl)cc1)n1c(Cn2nnc(-c3cccc4ccccc34)n2)n[nH]c1=S. The van der Waals surface area contributed by atoms with Crippen molar-refractivity contribution in [3.8, 4) is 11.4 Å². The average molecular weight is 448 g/mol. The maximum atomic E-state index is 13.0. The number of hydrogen-bond acceptors (Lipinski definition) is 6. The minimum absolute atomic E-state index is 0.115. The summed E-state index contributed by atoms with van der Waals surface area (Å²) >= 11 is 11.2. The van der Waals surface area contributed by atoms with Crippen molar-refractivity contribution in [1.82, 2.24) is 35.0 Å². The number of aromatic nitrogens is 7. The van der Waals surface area contributed by atoms with E-state index in [0.29, 0.717) is 22.2 Å². The number of nitrogens with one attached hydrogen (secondary N) is 1. The van der Waals surface area contributed by atoms with E-state index in [4.69, 9.17) is 23.8 Å². The van der Waals surface area contributed by atoms with Gasteiger partial charge in [0.15, 0.2) is 5.82 Å².